The summed E-state index contributed by atoms with van der Waals surface area (Å²) in [7, 11) is 0. The highest BCUT2D eigenvalue weighted by Gasteiger charge is 2.45. The predicted molar refractivity (Wildman–Crippen MR) is 120 cm³/mol. The number of aromatic nitrogens is 1. The zero-order valence-corrected chi connectivity index (χ0v) is 18.1. The van der Waals surface area contributed by atoms with Crippen molar-refractivity contribution in [2.24, 2.45) is 0 Å². The Kier molecular flexibility index (Phi) is 5.82. The van der Waals surface area contributed by atoms with Crippen LogP contribution in [0.1, 0.15) is 37.8 Å². The quantitative estimate of drug-likeness (QED) is 0.460. The standard InChI is InChI=1S/C24H24Cl2N2O/c1-16(2)29-23-6-4-3-5-20(23)19-9-12-27-15-21(19)24(10-11-24)28-14-17-13-18(25)7-8-22(17)26/h3-9,12-13,15-16,28H,10-11,14H2,1-2H3. The molecule has 1 heterocycles. The molecule has 4 rings (SSSR count). The molecule has 0 aliphatic heterocycles. The highest BCUT2D eigenvalue weighted by Crippen LogP contribution is 2.50. The van der Waals surface area contributed by atoms with Gasteiger partial charge in [0.25, 0.3) is 0 Å². The van der Waals surface area contributed by atoms with Crippen molar-refractivity contribution >= 4 is 23.2 Å². The van der Waals surface area contributed by atoms with E-state index >= 15 is 0 Å². The van der Waals surface area contributed by atoms with Crippen LogP contribution in [0.3, 0.4) is 0 Å². The summed E-state index contributed by atoms with van der Waals surface area (Å²) in [5.41, 5.74) is 4.32. The first-order chi connectivity index (χ1) is 14.0. The van der Waals surface area contributed by atoms with E-state index in [1.54, 1.807) is 0 Å². The molecule has 0 radical (unpaired) electrons. The van der Waals surface area contributed by atoms with E-state index in [0.29, 0.717) is 11.6 Å². The molecule has 2 aromatic carbocycles. The smallest absolute Gasteiger partial charge is 0.127 e. The zero-order chi connectivity index (χ0) is 20.4. The van der Waals surface area contributed by atoms with Gasteiger partial charge in [-0.1, -0.05) is 41.4 Å². The number of pyridine rings is 1. The number of nitrogens with zero attached hydrogens (tertiary/aromatic N) is 1. The molecule has 1 aliphatic carbocycles. The van der Waals surface area contributed by atoms with Crippen LogP contribution in [0.2, 0.25) is 10.0 Å². The Bertz CT molecular complexity index is 1020. The van der Waals surface area contributed by atoms with Crippen LogP contribution in [0.4, 0.5) is 0 Å². The van der Waals surface area contributed by atoms with Gasteiger partial charge in [0.1, 0.15) is 5.75 Å². The number of halogens is 2. The molecule has 3 nitrogen and oxygen atoms in total. The van der Waals surface area contributed by atoms with Crippen LogP contribution < -0.4 is 10.1 Å². The zero-order valence-electron chi connectivity index (χ0n) is 16.6. The largest absolute Gasteiger partial charge is 0.490 e. The molecule has 1 fully saturated rings. The average molecular weight is 427 g/mol. The van der Waals surface area contributed by atoms with Crippen molar-refractivity contribution in [1.82, 2.24) is 10.3 Å². The van der Waals surface area contributed by atoms with Gasteiger partial charge in [-0.05, 0) is 73.7 Å². The monoisotopic (exact) mass is 426 g/mol. The number of nitrogens with one attached hydrogen (secondary N) is 1. The van der Waals surface area contributed by atoms with Crippen LogP contribution >= 0.6 is 23.2 Å². The van der Waals surface area contributed by atoms with Crippen molar-refractivity contribution in [3.05, 3.63) is 82.1 Å². The van der Waals surface area contributed by atoms with Crippen LogP contribution in [0.5, 0.6) is 5.75 Å². The Morgan fingerprint density at radius 1 is 1.07 bits per heavy atom. The molecule has 150 valence electrons. The maximum Gasteiger partial charge on any atom is 0.127 e. The Hall–Kier alpha value is -2.07. The number of benzene rings is 2. The summed E-state index contributed by atoms with van der Waals surface area (Å²) in [5, 5.41) is 5.13. The van der Waals surface area contributed by atoms with E-state index in [4.69, 9.17) is 27.9 Å². The molecule has 1 aromatic heterocycles. The summed E-state index contributed by atoms with van der Waals surface area (Å²) in [4.78, 5) is 4.43. The summed E-state index contributed by atoms with van der Waals surface area (Å²) < 4.78 is 6.07. The van der Waals surface area contributed by atoms with Gasteiger partial charge in [-0.3, -0.25) is 4.98 Å². The van der Waals surface area contributed by atoms with Crippen molar-refractivity contribution in [1.29, 1.82) is 0 Å². The molecule has 0 bridgehead atoms. The molecule has 0 amide bonds. The van der Waals surface area contributed by atoms with E-state index in [1.807, 2.05) is 62.6 Å². The topological polar surface area (TPSA) is 34.1 Å². The average Bonchev–Trinajstić information content (AvgIpc) is 3.50. The van der Waals surface area contributed by atoms with Crippen molar-refractivity contribution in [2.45, 2.75) is 44.9 Å². The van der Waals surface area contributed by atoms with Gasteiger partial charge in [-0.2, -0.15) is 0 Å². The maximum atomic E-state index is 6.36. The lowest BCUT2D eigenvalue weighted by Gasteiger charge is -2.23. The Labute approximate surface area is 182 Å². The Balaban J connectivity index is 1.66. The highest BCUT2D eigenvalue weighted by molar-refractivity contribution is 6.33. The molecule has 3 aromatic rings. The van der Waals surface area contributed by atoms with Gasteiger partial charge < -0.3 is 10.1 Å². The molecule has 0 unspecified atom stereocenters. The Morgan fingerprint density at radius 2 is 1.86 bits per heavy atom. The lowest BCUT2D eigenvalue weighted by atomic mass is 9.94. The molecular formula is C24H24Cl2N2O. The molecule has 1 N–H and O–H groups in total. The van der Waals surface area contributed by atoms with Crippen molar-refractivity contribution in [2.75, 3.05) is 0 Å². The van der Waals surface area contributed by atoms with Crippen molar-refractivity contribution in [3.63, 3.8) is 0 Å². The molecule has 0 spiro atoms. The minimum Gasteiger partial charge on any atom is -0.490 e. The predicted octanol–water partition coefficient (Wildman–Crippen LogP) is 6.62. The fraction of sp³-hybridized carbons (Fsp3) is 0.292. The molecule has 5 heteroatoms. The van der Waals surface area contributed by atoms with Gasteiger partial charge in [0.15, 0.2) is 0 Å². The van der Waals surface area contributed by atoms with Crippen molar-refractivity contribution < 1.29 is 4.74 Å². The number of hydrogen-bond acceptors (Lipinski definition) is 3. The van der Waals surface area contributed by atoms with Crippen LogP contribution in [0, 0.1) is 0 Å². The first kappa shape index (κ1) is 20.2. The molecule has 0 saturated heterocycles. The normalized spacial score (nSPS) is 14.8. The van der Waals surface area contributed by atoms with Gasteiger partial charge in [0.05, 0.1) is 6.10 Å². The summed E-state index contributed by atoms with van der Waals surface area (Å²) in [6.45, 7) is 4.74. The van der Waals surface area contributed by atoms with Gasteiger partial charge in [-0.15, -0.1) is 0 Å². The molecule has 0 atom stereocenters. The summed E-state index contributed by atoms with van der Waals surface area (Å²) in [6, 6.07) is 15.8. The van der Waals surface area contributed by atoms with Crippen molar-refractivity contribution in [3.8, 4) is 16.9 Å². The lowest BCUT2D eigenvalue weighted by molar-refractivity contribution is 0.243. The summed E-state index contributed by atoms with van der Waals surface area (Å²) in [5.74, 6) is 0.892. The minimum absolute atomic E-state index is 0.111. The SMILES string of the molecule is CC(C)Oc1ccccc1-c1ccncc1C1(NCc2cc(Cl)ccc2Cl)CC1. The second-order valence-corrected chi connectivity index (χ2v) is 8.60. The van der Waals surface area contributed by atoms with E-state index in [-0.39, 0.29) is 11.6 Å². The molecule has 1 saturated carbocycles. The molecular weight excluding hydrogens is 403 g/mol. The fourth-order valence-electron chi connectivity index (χ4n) is 3.67. The third kappa shape index (κ3) is 4.42. The lowest BCUT2D eigenvalue weighted by Crippen LogP contribution is -2.29. The molecule has 1 aliphatic rings. The van der Waals surface area contributed by atoms with Crippen LogP contribution in [0.25, 0.3) is 11.1 Å². The first-order valence-corrected chi connectivity index (χ1v) is 10.6. The van der Waals surface area contributed by atoms with Gasteiger partial charge in [0.2, 0.25) is 0 Å². The maximum absolute atomic E-state index is 6.36. The van der Waals surface area contributed by atoms with E-state index in [1.165, 1.54) is 5.56 Å². The number of ether oxygens (including phenoxy) is 1. The number of hydrogen-bond donors (Lipinski definition) is 1. The summed E-state index contributed by atoms with van der Waals surface area (Å²) >= 11 is 12.5. The van der Waals surface area contributed by atoms with E-state index in [0.717, 1.165) is 40.3 Å². The number of para-hydroxylation sites is 1. The fourth-order valence-corrected chi connectivity index (χ4v) is 4.05. The van der Waals surface area contributed by atoms with Crippen LogP contribution in [-0.4, -0.2) is 11.1 Å². The Morgan fingerprint density at radius 3 is 2.62 bits per heavy atom. The third-order valence-electron chi connectivity index (χ3n) is 5.25. The van der Waals surface area contributed by atoms with E-state index in [2.05, 4.69) is 22.4 Å². The minimum atomic E-state index is -0.111. The van der Waals surface area contributed by atoms with E-state index < -0.39 is 0 Å². The van der Waals surface area contributed by atoms with Gasteiger partial charge >= 0.3 is 0 Å². The second kappa shape index (κ2) is 8.35. The van der Waals surface area contributed by atoms with Crippen LogP contribution in [-0.2, 0) is 12.1 Å². The highest BCUT2D eigenvalue weighted by atomic mass is 35.5. The van der Waals surface area contributed by atoms with Gasteiger partial charge in [-0.25, -0.2) is 0 Å². The summed E-state index contributed by atoms with van der Waals surface area (Å²) in [6.07, 6.45) is 6.03. The molecule has 29 heavy (non-hydrogen) atoms. The van der Waals surface area contributed by atoms with Crippen LogP contribution in [0.15, 0.2) is 60.9 Å². The van der Waals surface area contributed by atoms with Gasteiger partial charge in [0, 0.05) is 40.1 Å². The van der Waals surface area contributed by atoms with E-state index in [9.17, 15) is 0 Å². The number of rotatable bonds is 7. The second-order valence-electron chi connectivity index (χ2n) is 7.76. The first-order valence-electron chi connectivity index (χ1n) is 9.88. The third-order valence-corrected chi connectivity index (χ3v) is 5.86.